The van der Waals surface area contributed by atoms with Crippen LogP contribution in [-0.2, 0) is 0 Å². The molecule has 18 heavy (non-hydrogen) atoms. The number of rotatable bonds is 5. The maximum atomic E-state index is 5.20. The summed E-state index contributed by atoms with van der Waals surface area (Å²) in [5.41, 5.74) is 0. The highest BCUT2D eigenvalue weighted by atomic mass is 15.2. The van der Waals surface area contributed by atoms with E-state index < -0.39 is 0 Å². The van der Waals surface area contributed by atoms with Crippen LogP contribution in [0.3, 0.4) is 0 Å². The number of hydrogen-bond donors (Lipinski definition) is 2. The highest BCUT2D eigenvalue weighted by molar-refractivity contribution is 5.79. The Balaban J connectivity index is 2.12. The maximum absolute atomic E-state index is 5.20. The highest BCUT2D eigenvalue weighted by Crippen LogP contribution is 2.15. The van der Waals surface area contributed by atoms with Gasteiger partial charge in [0.05, 0.1) is 6.54 Å². The van der Waals surface area contributed by atoms with Gasteiger partial charge in [-0.1, -0.05) is 12.3 Å². The van der Waals surface area contributed by atoms with Crippen molar-refractivity contribution in [3.63, 3.8) is 0 Å². The number of guanidine groups is 1. The second-order valence-corrected chi connectivity index (χ2v) is 4.79. The second kappa shape index (κ2) is 8.82. The van der Waals surface area contributed by atoms with Crippen LogP contribution in [0.15, 0.2) is 4.99 Å². The van der Waals surface area contributed by atoms with Crippen molar-refractivity contribution in [2.75, 3.05) is 33.2 Å². The maximum Gasteiger partial charge on any atom is 0.191 e. The fourth-order valence-electron chi connectivity index (χ4n) is 2.33. The Kier molecular flexibility index (Phi) is 7.28. The van der Waals surface area contributed by atoms with Crippen LogP contribution in [0.2, 0.25) is 0 Å². The highest BCUT2D eigenvalue weighted by Gasteiger charge is 2.16. The third kappa shape index (κ3) is 5.42. The molecule has 4 heteroatoms. The van der Waals surface area contributed by atoms with E-state index in [0.29, 0.717) is 6.54 Å². The molecule has 0 saturated carbocycles. The van der Waals surface area contributed by atoms with Gasteiger partial charge in [0.25, 0.3) is 0 Å². The third-order valence-electron chi connectivity index (χ3n) is 3.44. The Morgan fingerprint density at radius 1 is 1.44 bits per heavy atom. The van der Waals surface area contributed by atoms with E-state index in [1.54, 1.807) is 7.05 Å². The van der Waals surface area contributed by atoms with E-state index in [4.69, 9.17) is 6.42 Å². The van der Waals surface area contributed by atoms with Crippen molar-refractivity contribution in [2.24, 2.45) is 4.99 Å². The van der Waals surface area contributed by atoms with E-state index in [1.165, 1.54) is 32.4 Å². The minimum atomic E-state index is 0.517. The predicted molar refractivity (Wildman–Crippen MR) is 77.7 cm³/mol. The van der Waals surface area contributed by atoms with E-state index in [0.717, 1.165) is 25.0 Å². The summed E-state index contributed by atoms with van der Waals surface area (Å²) in [6.45, 7) is 6.21. The summed E-state index contributed by atoms with van der Waals surface area (Å²) in [5, 5.41) is 6.33. The average Bonchev–Trinajstić information content (AvgIpc) is 2.40. The van der Waals surface area contributed by atoms with E-state index >= 15 is 0 Å². The zero-order chi connectivity index (χ0) is 13.2. The van der Waals surface area contributed by atoms with Gasteiger partial charge in [0.2, 0.25) is 0 Å². The van der Waals surface area contributed by atoms with Gasteiger partial charge in [-0.2, -0.15) is 0 Å². The quantitative estimate of drug-likeness (QED) is 0.332. The van der Waals surface area contributed by atoms with E-state index in [1.807, 2.05) is 0 Å². The summed E-state index contributed by atoms with van der Waals surface area (Å²) in [4.78, 5) is 6.70. The molecule has 0 aliphatic carbocycles. The number of likely N-dealkylation sites (tertiary alicyclic amines) is 1. The van der Waals surface area contributed by atoms with Gasteiger partial charge in [-0.05, 0) is 32.7 Å². The van der Waals surface area contributed by atoms with Crippen LogP contribution in [0.25, 0.3) is 0 Å². The first-order chi connectivity index (χ1) is 8.77. The zero-order valence-electron chi connectivity index (χ0n) is 11.7. The van der Waals surface area contributed by atoms with Gasteiger partial charge in [0.1, 0.15) is 0 Å². The van der Waals surface area contributed by atoms with Crippen molar-refractivity contribution in [1.82, 2.24) is 15.5 Å². The lowest BCUT2D eigenvalue weighted by Gasteiger charge is -2.33. The first-order valence-corrected chi connectivity index (χ1v) is 6.90. The Morgan fingerprint density at radius 3 is 2.94 bits per heavy atom. The minimum absolute atomic E-state index is 0.517. The summed E-state index contributed by atoms with van der Waals surface area (Å²) in [7, 11) is 1.76. The van der Waals surface area contributed by atoms with Crippen molar-refractivity contribution in [1.29, 1.82) is 0 Å². The summed E-state index contributed by atoms with van der Waals surface area (Å²) in [5.74, 6) is 3.33. The van der Waals surface area contributed by atoms with Crippen LogP contribution in [0.4, 0.5) is 0 Å². The number of terminal acetylenes is 1. The van der Waals surface area contributed by atoms with E-state index in [9.17, 15) is 0 Å². The average molecular weight is 250 g/mol. The molecule has 0 amide bonds. The monoisotopic (exact) mass is 250 g/mol. The summed E-state index contributed by atoms with van der Waals surface area (Å²) in [6, 6.07) is 0.748. The molecule has 1 atom stereocenters. The van der Waals surface area contributed by atoms with Crippen LogP contribution in [0.5, 0.6) is 0 Å². The molecule has 1 saturated heterocycles. The van der Waals surface area contributed by atoms with Gasteiger partial charge in [-0.25, -0.2) is 0 Å². The molecule has 0 aromatic heterocycles. The summed E-state index contributed by atoms with van der Waals surface area (Å²) < 4.78 is 0. The molecule has 4 nitrogen and oxygen atoms in total. The predicted octanol–water partition coefficient (Wildman–Crippen LogP) is 1.05. The largest absolute Gasteiger partial charge is 0.356 e. The molecule has 1 aliphatic heterocycles. The van der Waals surface area contributed by atoms with Gasteiger partial charge in [0.15, 0.2) is 5.96 Å². The van der Waals surface area contributed by atoms with E-state index in [2.05, 4.69) is 33.4 Å². The Bertz CT molecular complexity index is 293. The van der Waals surface area contributed by atoms with Gasteiger partial charge in [-0.3, -0.25) is 4.99 Å². The number of aliphatic imine (C=N–C) groups is 1. The first kappa shape index (κ1) is 14.8. The van der Waals surface area contributed by atoms with Crippen LogP contribution in [0.1, 0.15) is 32.6 Å². The molecule has 1 fully saturated rings. The first-order valence-electron chi connectivity index (χ1n) is 6.90. The fraction of sp³-hybridized carbons (Fsp3) is 0.786. The molecule has 0 radical (unpaired) electrons. The smallest absolute Gasteiger partial charge is 0.191 e. The SMILES string of the molecule is C#CCNC(=NC)NCCCN1CCCCC1C. The van der Waals surface area contributed by atoms with Crippen molar-refractivity contribution in [3.05, 3.63) is 0 Å². The zero-order valence-corrected chi connectivity index (χ0v) is 11.7. The van der Waals surface area contributed by atoms with Gasteiger partial charge in [-0.15, -0.1) is 6.42 Å². The molecule has 1 aliphatic rings. The molecule has 2 N–H and O–H groups in total. The van der Waals surface area contributed by atoms with Crippen LogP contribution in [0, 0.1) is 12.3 Å². The van der Waals surface area contributed by atoms with Crippen LogP contribution >= 0.6 is 0 Å². The lowest BCUT2D eigenvalue weighted by molar-refractivity contribution is 0.159. The van der Waals surface area contributed by atoms with Gasteiger partial charge < -0.3 is 15.5 Å². The third-order valence-corrected chi connectivity index (χ3v) is 3.44. The molecule has 1 rings (SSSR count). The van der Waals surface area contributed by atoms with Crippen molar-refractivity contribution < 1.29 is 0 Å². The number of piperidine rings is 1. The number of hydrogen-bond acceptors (Lipinski definition) is 2. The minimum Gasteiger partial charge on any atom is -0.356 e. The molecule has 1 heterocycles. The molecular weight excluding hydrogens is 224 g/mol. The van der Waals surface area contributed by atoms with Gasteiger partial charge >= 0.3 is 0 Å². The van der Waals surface area contributed by atoms with Crippen molar-refractivity contribution >= 4 is 5.96 Å². The Morgan fingerprint density at radius 2 is 2.28 bits per heavy atom. The topological polar surface area (TPSA) is 39.7 Å². The Hall–Kier alpha value is -1.21. The number of nitrogens with zero attached hydrogens (tertiary/aromatic N) is 2. The normalized spacial score (nSPS) is 21.4. The Labute approximate surface area is 111 Å². The summed E-state index contributed by atoms with van der Waals surface area (Å²) >= 11 is 0. The molecular formula is C14H26N4. The van der Waals surface area contributed by atoms with Crippen LogP contribution in [-0.4, -0.2) is 50.1 Å². The van der Waals surface area contributed by atoms with Gasteiger partial charge in [0, 0.05) is 26.2 Å². The molecule has 0 aromatic rings. The summed E-state index contributed by atoms with van der Waals surface area (Å²) in [6.07, 6.45) is 10.4. The molecule has 0 bridgehead atoms. The molecule has 0 spiro atoms. The van der Waals surface area contributed by atoms with E-state index in [-0.39, 0.29) is 0 Å². The number of nitrogens with one attached hydrogen (secondary N) is 2. The lowest BCUT2D eigenvalue weighted by atomic mass is 10.0. The lowest BCUT2D eigenvalue weighted by Crippen LogP contribution is -2.41. The standard InChI is InChI=1S/C14H26N4/c1-4-9-16-14(15-3)17-10-7-12-18-11-6-5-8-13(18)2/h1,13H,5-12H2,2-3H3,(H2,15,16,17). The second-order valence-electron chi connectivity index (χ2n) is 4.79. The van der Waals surface area contributed by atoms with Crippen molar-refractivity contribution in [2.45, 2.75) is 38.6 Å². The molecule has 102 valence electrons. The fourth-order valence-corrected chi connectivity index (χ4v) is 2.33. The molecule has 1 unspecified atom stereocenters. The van der Waals surface area contributed by atoms with Crippen molar-refractivity contribution in [3.8, 4) is 12.3 Å². The van der Waals surface area contributed by atoms with Crippen LogP contribution < -0.4 is 10.6 Å². The molecule has 0 aromatic carbocycles.